The maximum absolute atomic E-state index is 11.0. The second-order valence-electron chi connectivity index (χ2n) is 3.82. The van der Waals surface area contributed by atoms with Gasteiger partial charge in [-0.05, 0) is 31.2 Å². The van der Waals surface area contributed by atoms with Crippen LogP contribution >= 0.6 is 0 Å². The zero-order valence-electron chi connectivity index (χ0n) is 9.77. The summed E-state index contributed by atoms with van der Waals surface area (Å²) < 4.78 is 0. The fraction of sp³-hybridized carbons (Fsp3) is 0.154. The first-order chi connectivity index (χ1) is 8.15. The third kappa shape index (κ3) is 2.87. The number of carbonyl (C=O) groups excluding carboxylic acids is 1. The van der Waals surface area contributed by atoms with E-state index in [0.29, 0.717) is 0 Å². The molecule has 0 bridgehead atoms. The molecule has 0 saturated carbocycles. The molecule has 2 rings (SSSR count). The van der Waals surface area contributed by atoms with Crippen molar-refractivity contribution in [3.63, 3.8) is 0 Å². The van der Waals surface area contributed by atoms with Crippen molar-refractivity contribution in [2.45, 2.75) is 13.8 Å². The molecule has 1 amide bonds. The number of aromatic nitrogens is 2. The summed E-state index contributed by atoms with van der Waals surface area (Å²) in [6.07, 6.45) is 0. The molecule has 4 nitrogen and oxygen atoms in total. The minimum Gasteiger partial charge on any atom is -0.326 e. The normalized spacial score (nSPS) is 10.0. The first-order valence-electron chi connectivity index (χ1n) is 5.33. The maximum atomic E-state index is 11.0. The highest BCUT2D eigenvalue weighted by atomic mass is 16.1. The smallest absolute Gasteiger partial charge is 0.221 e. The SMILES string of the molecule is CC(=O)Nc1cccc(-c2ccc(C)nn2)c1. The van der Waals surface area contributed by atoms with Gasteiger partial charge in [0, 0.05) is 18.2 Å². The number of hydrogen-bond acceptors (Lipinski definition) is 3. The van der Waals surface area contributed by atoms with Crippen molar-refractivity contribution in [2.75, 3.05) is 5.32 Å². The van der Waals surface area contributed by atoms with E-state index < -0.39 is 0 Å². The average molecular weight is 227 g/mol. The molecule has 0 radical (unpaired) electrons. The second kappa shape index (κ2) is 4.74. The highest BCUT2D eigenvalue weighted by molar-refractivity contribution is 5.89. The van der Waals surface area contributed by atoms with E-state index in [1.165, 1.54) is 6.92 Å². The summed E-state index contributed by atoms with van der Waals surface area (Å²) in [5.74, 6) is -0.0860. The Kier molecular flexibility index (Phi) is 3.14. The largest absolute Gasteiger partial charge is 0.326 e. The summed E-state index contributed by atoms with van der Waals surface area (Å²) in [6.45, 7) is 3.38. The van der Waals surface area contributed by atoms with E-state index in [1.54, 1.807) is 0 Å². The molecule has 0 aliphatic heterocycles. The van der Waals surface area contributed by atoms with Crippen LogP contribution in [-0.4, -0.2) is 16.1 Å². The van der Waals surface area contributed by atoms with Crippen molar-refractivity contribution in [3.8, 4) is 11.3 Å². The lowest BCUT2D eigenvalue weighted by atomic mass is 10.1. The predicted molar refractivity (Wildman–Crippen MR) is 66.5 cm³/mol. The summed E-state index contributed by atoms with van der Waals surface area (Å²) in [4.78, 5) is 11.0. The van der Waals surface area contributed by atoms with Crippen molar-refractivity contribution in [1.29, 1.82) is 0 Å². The molecule has 0 atom stereocenters. The van der Waals surface area contributed by atoms with Crippen LogP contribution in [-0.2, 0) is 4.79 Å². The van der Waals surface area contributed by atoms with Crippen LogP contribution in [0.15, 0.2) is 36.4 Å². The number of benzene rings is 1. The third-order valence-electron chi connectivity index (χ3n) is 2.28. The fourth-order valence-corrected chi connectivity index (χ4v) is 1.51. The van der Waals surface area contributed by atoms with Gasteiger partial charge in [0.25, 0.3) is 0 Å². The van der Waals surface area contributed by atoms with E-state index >= 15 is 0 Å². The Bertz CT molecular complexity index is 535. The van der Waals surface area contributed by atoms with Crippen LogP contribution in [0.2, 0.25) is 0 Å². The first kappa shape index (κ1) is 11.3. The number of rotatable bonds is 2. The molecule has 1 N–H and O–H groups in total. The number of hydrogen-bond donors (Lipinski definition) is 1. The van der Waals surface area contributed by atoms with Crippen LogP contribution in [0.1, 0.15) is 12.6 Å². The van der Waals surface area contributed by atoms with Crippen molar-refractivity contribution in [2.24, 2.45) is 0 Å². The molecule has 1 aromatic heterocycles. The molecule has 2 aromatic rings. The number of amides is 1. The van der Waals surface area contributed by atoms with Crippen molar-refractivity contribution in [3.05, 3.63) is 42.1 Å². The second-order valence-corrected chi connectivity index (χ2v) is 3.82. The number of carbonyl (C=O) groups is 1. The van der Waals surface area contributed by atoms with Crippen LogP contribution in [0.4, 0.5) is 5.69 Å². The van der Waals surface area contributed by atoms with Gasteiger partial charge in [-0.15, -0.1) is 0 Å². The molecule has 1 heterocycles. The summed E-state index contributed by atoms with van der Waals surface area (Å²) in [6, 6.07) is 11.3. The Morgan fingerprint density at radius 1 is 1.18 bits per heavy atom. The summed E-state index contributed by atoms with van der Waals surface area (Å²) in [5, 5.41) is 10.9. The van der Waals surface area contributed by atoms with Gasteiger partial charge in [-0.25, -0.2) is 0 Å². The molecule has 0 saturated heterocycles. The zero-order valence-corrected chi connectivity index (χ0v) is 9.77. The molecule has 4 heteroatoms. The highest BCUT2D eigenvalue weighted by Gasteiger charge is 2.02. The van der Waals surface area contributed by atoms with Gasteiger partial charge < -0.3 is 5.32 Å². The van der Waals surface area contributed by atoms with Gasteiger partial charge in [0.2, 0.25) is 5.91 Å². The van der Waals surface area contributed by atoms with E-state index in [-0.39, 0.29) is 5.91 Å². The van der Waals surface area contributed by atoms with Crippen LogP contribution in [0.5, 0.6) is 0 Å². The van der Waals surface area contributed by atoms with Gasteiger partial charge in [-0.2, -0.15) is 10.2 Å². The molecule has 0 spiro atoms. The van der Waals surface area contributed by atoms with E-state index in [1.807, 2.05) is 43.3 Å². The monoisotopic (exact) mass is 227 g/mol. The molecule has 0 aliphatic rings. The Balaban J connectivity index is 2.32. The third-order valence-corrected chi connectivity index (χ3v) is 2.28. The van der Waals surface area contributed by atoms with Crippen LogP contribution < -0.4 is 5.32 Å². The molecule has 0 fully saturated rings. The molecule has 86 valence electrons. The lowest BCUT2D eigenvalue weighted by Gasteiger charge is -2.05. The van der Waals surface area contributed by atoms with Crippen LogP contribution in [0.25, 0.3) is 11.3 Å². The minimum absolute atomic E-state index is 0.0860. The van der Waals surface area contributed by atoms with Gasteiger partial charge in [0.15, 0.2) is 0 Å². The standard InChI is InChI=1S/C13H13N3O/c1-9-6-7-13(16-15-9)11-4-3-5-12(8-11)14-10(2)17/h3-8H,1-2H3,(H,14,17). The van der Waals surface area contributed by atoms with Crippen molar-refractivity contribution < 1.29 is 4.79 Å². The van der Waals surface area contributed by atoms with E-state index in [0.717, 1.165) is 22.6 Å². The van der Waals surface area contributed by atoms with Crippen LogP contribution in [0, 0.1) is 6.92 Å². The number of nitrogens with one attached hydrogen (secondary N) is 1. The van der Waals surface area contributed by atoms with E-state index in [4.69, 9.17) is 0 Å². The Morgan fingerprint density at radius 2 is 2.00 bits per heavy atom. The molecule has 17 heavy (non-hydrogen) atoms. The molecular weight excluding hydrogens is 214 g/mol. The predicted octanol–water partition coefficient (Wildman–Crippen LogP) is 2.41. The average Bonchev–Trinajstić information content (AvgIpc) is 2.29. The highest BCUT2D eigenvalue weighted by Crippen LogP contribution is 2.20. The molecule has 0 unspecified atom stereocenters. The Hall–Kier alpha value is -2.23. The molecule has 0 aliphatic carbocycles. The Labute approximate surface area is 99.7 Å². The number of aryl methyl sites for hydroxylation is 1. The fourth-order valence-electron chi connectivity index (χ4n) is 1.51. The number of anilines is 1. The topological polar surface area (TPSA) is 54.9 Å². The molecular formula is C13H13N3O. The first-order valence-corrected chi connectivity index (χ1v) is 5.33. The van der Waals surface area contributed by atoms with Crippen LogP contribution in [0.3, 0.4) is 0 Å². The minimum atomic E-state index is -0.0860. The van der Waals surface area contributed by atoms with Gasteiger partial charge in [0.1, 0.15) is 0 Å². The lowest BCUT2D eigenvalue weighted by molar-refractivity contribution is -0.114. The number of nitrogens with zero attached hydrogens (tertiary/aromatic N) is 2. The summed E-state index contributed by atoms with van der Waals surface area (Å²) in [5.41, 5.74) is 3.37. The van der Waals surface area contributed by atoms with Gasteiger partial charge in [-0.3, -0.25) is 4.79 Å². The van der Waals surface area contributed by atoms with Crippen molar-refractivity contribution in [1.82, 2.24) is 10.2 Å². The maximum Gasteiger partial charge on any atom is 0.221 e. The van der Waals surface area contributed by atoms with E-state index in [2.05, 4.69) is 15.5 Å². The van der Waals surface area contributed by atoms with Gasteiger partial charge in [0.05, 0.1) is 11.4 Å². The lowest BCUT2D eigenvalue weighted by Crippen LogP contribution is -2.05. The zero-order chi connectivity index (χ0) is 12.3. The van der Waals surface area contributed by atoms with E-state index in [9.17, 15) is 4.79 Å². The quantitative estimate of drug-likeness (QED) is 0.857. The van der Waals surface area contributed by atoms with Gasteiger partial charge in [-0.1, -0.05) is 12.1 Å². The summed E-state index contributed by atoms with van der Waals surface area (Å²) in [7, 11) is 0. The van der Waals surface area contributed by atoms with Gasteiger partial charge >= 0.3 is 0 Å². The molecule has 1 aromatic carbocycles. The van der Waals surface area contributed by atoms with Crippen molar-refractivity contribution >= 4 is 11.6 Å². The summed E-state index contributed by atoms with van der Waals surface area (Å²) >= 11 is 0. The Morgan fingerprint density at radius 3 is 2.65 bits per heavy atom.